The van der Waals surface area contributed by atoms with E-state index in [-0.39, 0.29) is 5.91 Å². The first-order valence-corrected chi connectivity index (χ1v) is 5.46. The Morgan fingerprint density at radius 2 is 2.36 bits per heavy atom. The van der Waals surface area contributed by atoms with Crippen molar-refractivity contribution < 1.29 is 4.79 Å². The first-order chi connectivity index (χ1) is 6.75. The van der Waals surface area contributed by atoms with Crippen molar-refractivity contribution in [3.05, 3.63) is 0 Å². The summed E-state index contributed by atoms with van der Waals surface area (Å²) in [6.45, 7) is 3.02. The Bertz CT molecular complexity index is 215. The van der Waals surface area contributed by atoms with Gasteiger partial charge in [-0.3, -0.25) is 4.79 Å². The molecule has 1 saturated carbocycles. The molecule has 0 radical (unpaired) electrons. The molecular formula is C10H19N3O. The van der Waals surface area contributed by atoms with Crippen LogP contribution in [0.15, 0.2) is 0 Å². The van der Waals surface area contributed by atoms with E-state index in [1.54, 1.807) is 0 Å². The van der Waals surface area contributed by atoms with Crippen molar-refractivity contribution in [1.82, 2.24) is 15.5 Å². The zero-order chi connectivity index (χ0) is 9.97. The summed E-state index contributed by atoms with van der Waals surface area (Å²) in [6.07, 6.45) is 2.98. The molecule has 0 bridgehead atoms. The molecule has 1 unspecified atom stereocenters. The lowest BCUT2D eigenvalue weighted by Crippen LogP contribution is -2.51. The maximum absolute atomic E-state index is 11.5. The predicted octanol–water partition coefficient (Wildman–Crippen LogP) is -0.441. The van der Waals surface area contributed by atoms with Crippen LogP contribution >= 0.6 is 0 Å². The van der Waals surface area contributed by atoms with E-state index in [0.717, 1.165) is 19.6 Å². The normalized spacial score (nSPS) is 28.8. The second kappa shape index (κ2) is 4.28. The summed E-state index contributed by atoms with van der Waals surface area (Å²) in [5, 5.41) is 6.35. The molecule has 1 heterocycles. The molecule has 4 nitrogen and oxygen atoms in total. The average molecular weight is 197 g/mol. The molecule has 1 saturated heterocycles. The number of likely N-dealkylation sites (N-methyl/N-ethyl adjacent to an activating group) is 1. The molecule has 1 aliphatic carbocycles. The molecule has 4 heteroatoms. The Balaban J connectivity index is 1.73. The van der Waals surface area contributed by atoms with E-state index < -0.39 is 0 Å². The number of hydrogen-bond donors (Lipinski definition) is 2. The van der Waals surface area contributed by atoms with Crippen LogP contribution in [0.2, 0.25) is 0 Å². The number of carbonyl (C=O) groups excluding carboxylic acids is 1. The van der Waals surface area contributed by atoms with E-state index in [2.05, 4.69) is 22.6 Å². The highest BCUT2D eigenvalue weighted by atomic mass is 16.1. The lowest BCUT2D eigenvalue weighted by molar-refractivity contribution is -0.122. The Labute approximate surface area is 85.0 Å². The minimum atomic E-state index is 0.216. The van der Waals surface area contributed by atoms with Crippen LogP contribution in [0, 0.1) is 0 Å². The van der Waals surface area contributed by atoms with Crippen LogP contribution in [-0.4, -0.2) is 49.6 Å². The van der Waals surface area contributed by atoms with Crippen LogP contribution in [0.5, 0.6) is 0 Å². The largest absolute Gasteiger partial charge is 0.353 e. The lowest BCUT2D eigenvalue weighted by atomic mass is 10.1. The lowest BCUT2D eigenvalue weighted by Gasteiger charge is -2.32. The smallest absolute Gasteiger partial charge is 0.221 e. The Hall–Kier alpha value is -0.610. The van der Waals surface area contributed by atoms with Gasteiger partial charge in [-0.2, -0.15) is 0 Å². The Morgan fingerprint density at radius 3 is 3.00 bits per heavy atom. The zero-order valence-electron chi connectivity index (χ0n) is 8.75. The molecule has 0 aromatic rings. The highest BCUT2D eigenvalue weighted by Crippen LogP contribution is 2.19. The maximum atomic E-state index is 11.5. The van der Waals surface area contributed by atoms with E-state index in [9.17, 15) is 4.79 Å². The molecule has 0 aromatic carbocycles. The maximum Gasteiger partial charge on any atom is 0.221 e. The van der Waals surface area contributed by atoms with Crippen molar-refractivity contribution >= 4 is 5.91 Å². The highest BCUT2D eigenvalue weighted by Gasteiger charge is 2.26. The fourth-order valence-corrected chi connectivity index (χ4v) is 1.82. The third kappa shape index (κ3) is 2.69. The molecule has 1 aliphatic heterocycles. The second-order valence-electron chi connectivity index (χ2n) is 4.38. The molecule has 0 aromatic heterocycles. The van der Waals surface area contributed by atoms with Crippen molar-refractivity contribution in [2.75, 3.05) is 26.7 Å². The van der Waals surface area contributed by atoms with E-state index >= 15 is 0 Å². The molecule has 2 rings (SSSR count). The van der Waals surface area contributed by atoms with Crippen molar-refractivity contribution in [1.29, 1.82) is 0 Å². The van der Waals surface area contributed by atoms with Gasteiger partial charge < -0.3 is 15.5 Å². The summed E-state index contributed by atoms with van der Waals surface area (Å²) in [6, 6.07) is 0.867. The van der Waals surface area contributed by atoms with Crippen LogP contribution in [0.25, 0.3) is 0 Å². The van der Waals surface area contributed by atoms with Gasteiger partial charge in [0.2, 0.25) is 5.91 Å². The molecule has 2 N–H and O–H groups in total. The molecule has 1 atom stereocenters. The van der Waals surface area contributed by atoms with Gasteiger partial charge in [0.1, 0.15) is 0 Å². The highest BCUT2D eigenvalue weighted by molar-refractivity contribution is 5.77. The topological polar surface area (TPSA) is 44.4 Å². The molecular weight excluding hydrogens is 178 g/mol. The number of hydrogen-bond acceptors (Lipinski definition) is 3. The minimum Gasteiger partial charge on any atom is -0.353 e. The number of nitrogens with one attached hydrogen (secondary N) is 2. The van der Waals surface area contributed by atoms with E-state index in [1.807, 2.05) is 0 Å². The number of carbonyl (C=O) groups is 1. The number of piperazine rings is 1. The van der Waals surface area contributed by atoms with E-state index in [0.29, 0.717) is 18.5 Å². The van der Waals surface area contributed by atoms with Crippen molar-refractivity contribution in [2.45, 2.75) is 31.3 Å². The Morgan fingerprint density at radius 1 is 1.57 bits per heavy atom. The first kappa shape index (κ1) is 9.93. The summed E-state index contributed by atoms with van der Waals surface area (Å²) in [5.74, 6) is 0.216. The molecule has 2 fully saturated rings. The van der Waals surface area contributed by atoms with Gasteiger partial charge in [0, 0.05) is 38.1 Å². The van der Waals surface area contributed by atoms with Gasteiger partial charge in [0.05, 0.1) is 0 Å². The minimum absolute atomic E-state index is 0.216. The van der Waals surface area contributed by atoms with Crippen molar-refractivity contribution in [3.8, 4) is 0 Å². The Kier molecular flexibility index (Phi) is 3.03. The third-order valence-electron chi connectivity index (χ3n) is 3.01. The predicted molar refractivity (Wildman–Crippen MR) is 55.1 cm³/mol. The van der Waals surface area contributed by atoms with Gasteiger partial charge in [0.15, 0.2) is 0 Å². The van der Waals surface area contributed by atoms with Gasteiger partial charge in [-0.15, -0.1) is 0 Å². The SMILES string of the molecule is CN1CCNCC1CC(=O)NC1CC1. The number of nitrogens with zero attached hydrogens (tertiary/aromatic N) is 1. The summed E-state index contributed by atoms with van der Waals surface area (Å²) >= 11 is 0. The standard InChI is InChI=1S/C10H19N3O/c1-13-5-4-11-7-9(13)6-10(14)12-8-2-3-8/h8-9,11H,2-7H2,1H3,(H,12,14). The van der Waals surface area contributed by atoms with Gasteiger partial charge in [0.25, 0.3) is 0 Å². The van der Waals surface area contributed by atoms with Crippen molar-refractivity contribution in [3.63, 3.8) is 0 Å². The van der Waals surface area contributed by atoms with E-state index in [4.69, 9.17) is 0 Å². The van der Waals surface area contributed by atoms with Crippen LogP contribution < -0.4 is 10.6 Å². The van der Waals surface area contributed by atoms with Gasteiger partial charge in [-0.1, -0.05) is 0 Å². The average Bonchev–Trinajstić information content (AvgIpc) is 2.93. The molecule has 2 aliphatic rings. The molecule has 1 amide bonds. The van der Waals surface area contributed by atoms with Crippen LogP contribution in [-0.2, 0) is 4.79 Å². The summed E-state index contributed by atoms with van der Waals surface area (Å²) in [4.78, 5) is 13.8. The summed E-state index contributed by atoms with van der Waals surface area (Å²) < 4.78 is 0. The van der Waals surface area contributed by atoms with Crippen LogP contribution in [0.3, 0.4) is 0 Å². The number of amides is 1. The van der Waals surface area contributed by atoms with E-state index in [1.165, 1.54) is 12.8 Å². The fraction of sp³-hybridized carbons (Fsp3) is 0.900. The van der Waals surface area contributed by atoms with Crippen LogP contribution in [0.4, 0.5) is 0 Å². The molecule has 14 heavy (non-hydrogen) atoms. The monoisotopic (exact) mass is 197 g/mol. The summed E-state index contributed by atoms with van der Waals surface area (Å²) in [7, 11) is 2.09. The molecule has 0 spiro atoms. The third-order valence-corrected chi connectivity index (χ3v) is 3.01. The molecule has 80 valence electrons. The van der Waals surface area contributed by atoms with Gasteiger partial charge in [-0.05, 0) is 19.9 Å². The quantitative estimate of drug-likeness (QED) is 0.644. The van der Waals surface area contributed by atoms with Crippen molar-refractivity contribution in [2.24, 2.45) is 0 Å². The van der Waals surface area contributed by atoms with Gasteiger partial charge in [-0.25, -0.2) is 0 Å². The number of rotatable bonds is 3. The summed E-state index contributed by atoms with van der Waals surface area (Å²) in [5.41, 5.74) is 0. The van der Waals surface area contributed by atoms with Crippen LogP contribution in [0.1, 0.15) is 19.3 Å². The fourth-order valence-electron chi connectivity index (χ4n) is 1.82. The first-order valence-electron chi connectivity index (χ1n) is 5.46. The van der Waals surface area contributed by atoms with Gasteiger partial charge >= 0.3 is 0 Å². The zero-order valence-corrected chi connectivity index (χ0v) is 8.75. The second-order valence-corrected chi connectivity index (χ2v) is 4.38.